The third-order valence-corrected chi connectivity index (χ3v) is 4.22. The number of carbonyl (C=O) groups excluding carboxylic acids is 1. The summed E-state index contributed by atoms with van der Waals surface area (Å²) >= 11 is 0. The van der Waals surface area contributed by atoms with E-state index >= 15 is 0 Å². The van der Waals surface area contributed by atoms with Crippen LogP contribution in [0, 0.1) is 0 Å². The standard InChI is InChI=1S/C21H25F3N4O2.HI/c1-28(2)19(29)14-27-20(26-13-16-8-4-5-10-18(16)30-3)25-12-15-7-6-9-17(11-15)21(22,23)24;/h4-11H,12-14H2,1-3H3,(H2,25,26,27);1H. The molecule has 1 amide bonds. The molecule has 0 aliphatic carbocycles. The van der Waals surface area contributed by atoms with Crippen LogP contribution in [0.2, 0.25) is 0 Å². The molecule has 0 atom stereocenters. The van der Waals surface area contributed by atoms with Crippen LogP contribution in [0.5, 0.6) is 5.75 Å². The Kier molecular flexibility index (Phi) is 10.6. The van der Waals surface area contributed by atoms with Gasteiger partial charge in [0.15, 0.2) is 5.96 Å². The topological polar surface area (TPSA) is 66.0 Å². The zero-order valence-corrected chi connectivity index (χ0v) is 19.8. The van der Waals surface area contributed by atoms with Crippen molar-refractivity contribution in [1.82, 2.24) is 15.5 Å². The Labute approximate surface area is 196 Å². The molecule has 2 rings (SSSR count). The van der Waals surface area contributed by atoms with Crippen LogP contribution in [0.1, 0.15) is 16.7 Å². The molecule has 0 saturated carbocycles. The van der Waals surface area contributed by atoms with Crippen LogP contribution < -0.4 is 15.4 Å². The van der Waals surface area contributed by atoms with Crippen LogP contribution in [0.15, 0.2) is 53.5 Å². The fraction of sp³-hybridized carbons (Fsp3) is 0.333. The molecule has 0 unspecified atom stereocenters. The van der Waals surface area contributed by atoms with E-state index in [9.17, 15) is 18.0 Å². The number of methoxy groups -OCH3 is 1. The second kappa shape index (κ2) is 12.4. The molecule has 170 valence electrons. The van der Waals surface area contributed by atoms with Gasteiger partial charge in [-0.05, 0) is 23.8 Å². The third-order valence-electron chi connectivity index (χ3n) is 4.22. The number of rotatable bonds is 7. The highest BCUT2D eigenvalue weighted by atomic mass is 127. The molecule has 2 N–H and O–H groups in total. The Hall–Kier alpha value is -2.50. The van der Waals surface area contributed by atoms with Gasteiger partial charge in [0.2, 0.25) is 5.91 Å². The summed E-state index contributed by atoms with van der Waals surface area (Å²) in [4.78, 5) is 17.6. The number of nitrogens with one attached hydrogen (secondary N) is 2. The number of ether oxygens (including phenoxy) is 1. The Balaban J connectivity index is 0.00000480. The smallest absolute Gasteiger partial charge is 0.416 e. The van der Waals surface area contributed by atoms with Crippen molar-refractivity contribution in [2.75, 3.05) is 27.7 Å². The average molecular weight is 550 g/mol. The lowest BCUT2D eigenvalue weighted by Crippen LogP contribution is -2.42. The second-order valence-electron chi connectivity index (χ2n) is 6.67. The number of alkyl halides is 3. The largest absolute Gasteiger partial charge is 0.496 e. The van der Waals surface area contributed by atoms with Crippen LogP contribution >= 0.6 is 24.0 Å². The summed E-state index contributed by atoms with van der Waals surface area (Å²) in [6, 6.07) is 12.4. The quantitative estimate of drug-likeness (QED) is 0.314. The van der Waals surface area contributed by atoms with E-state index in [1.807, 2.05) is 24.3 Å². The molecule has 0 aliphatic rings. The van der Waals surface area contributed by atoms with Gasteiger partial charge in [0, 0.05) is 26.2 Å². The lowest BCUT2D eigenvalue weighted by molar-refractivity contribution is -0.137. The number of aliphatic imine (C=N–C) groups is 1. The number of para-hydroxylation sites is 1. The van der Waals surface area contributed by atoms with Crippen molar-refractivity contribution in [3.63, 3.8) is 0 Å². The molecule has 2 aromatic rings. The maximum absolute atomic E-state index is 12.9. The zero-order chi connectivity index (χ0) is 22.1. The third kappa shape index (κ3) is 8.64. The number of hydrogen-bond donors (Lipinski definition) is 2. The van der Waals surface area contributed by atoms with Gasteiger partial charge in [0.25, 0.3) is 0 Å². The number of nitrogens with zero attached hydrogens (tertiary/aromatic N) is 2. The predicted octanol–water partition coefficient (Wildman–Crippen LogP) is 3.66. The van der Waals surface area contributed by atoms with Gasteiger partial charge >= 0.3 is 6.18 Å². The van der Waals surface area contributed by atoms with Gasteiger partial charge in [-0.1, -0.05) is 30.3 Å². The summed E-state index contributed by atoms with van der Waals surface area (Å²) in [5, 5.41) is 5.99. The predicted molar refractivity (Wildman–Crippen MR) is 125 cm³/mol. The van der Waals surface area contributed by atoms with Gasteiger partial charge in [-0.3, -0.25) is 4.79 Å². The minimum absolute atomic E-state index is 0. The first-order chi connectivity index (χ1) is 14.2. The number of benzene rings is 2. The number of amides is 1. The molecule has 0 fully saturated rings. The van der Waals surface area contributed by atoms with E-state index in [2.05, 4.69) is 15.6 Å². The molecular weight excluding hydrogens is 524 g/mol. The van der Waals surface area contributed by atoms with Crippen LogP contribution in [-0.2, 0) is 24.1 Å². The van der Waals surface area contributed by atoms with Gasteiger partial charge in [-0.15, -0.1) is 24.0 Å². The molecule has 6 nitrogen and oxygen atoms in total. The van der Waals surface area contributed by atoms with Crippen LogP contribution in [-0.4, -0.2) is 44.5 Å². The van der Waals surface area contributed by atoms with Gasteiger partial charge < -0.3 is 20.3 Å². The van der Waals surface area contributed by atoms with E-state index in [0.717, 1.165) is 17.7 Å². The minimum atomic E-state index is -4.42. The van der Waals surface area contributed by atoms with E-state index < -0.39 is 11.7 Å². The summed E-state index contributed by atoms with van der Waals surface area (Å²) in [6.45, 7) is 0.364. The summed E-state index contributed by atoms with van der Waals surface area (Å²) in [5.74, 6) is 0.820. The summed E-state index contributed by atoms with van der Waals surface area (Å²) < 4.78 is 44.1. The molecule has 0 aromatic heterocycles. The normalized spacial score (nSPS) is 11.4. The summed E-state index contributed by atoms with van der Waals surface area (Å²) in [5.41, 5.74) is 0.545. The monoisotopic (exact) mass is 550 g/mol. The SMILES string of the molecule is COc1ccccc1CNC(=NCc1cccc(C(F)(F)F)c1)NCC(=O)N(C)C.I. The highest BCUT2D eigenvalue weighted by Gasteiger charge is 2.30. The van der Waals surface area contributed by atoms with E-state index in [0.29, 0.717) is 23.8 Å². The highest BCUT2D eigenvalue weighted by Crippen LogP contribution is 2.29. The van der Waals surface area contributed by atoms with Crippen molar-refractivity contribution in [3.05, 3.63) is 65.2 Å². The highest BCUT2D eigenvalue weighted by molar-refractivity contribution is 14.0. The molecule has 10 heteroatoms. The molecule has 0 aliphatic heterocycles. The fourth-order valence-electron chi connectivity index (χ4n) is 2.54. The summed E-state index contributed by atoms with van der Waals surface area (Å²) in [6.07, 6.45) is -4.42. The second-order valence-corrected chi connectivity index (χ2v) is 6.67. The molecule has 0 radical (unpaired) electrons. The molecule has 31 heavy (non-hydrogen) atoms. The molecule has 0 heterocycles. The maximum Gasteiger partial charge on any atom is 0.416 e. The lowest BCUT2D eigenvalue weighted by atomic mass is 10.1. The Morgan fingerprint density at radius 1 is 1.10 bits per heavy atom. The molecule has 2 aromatic carbocycles. The van der Waals surface area contributed by atoms with Crippen LogP contribution in [0.25, 0.3) is 0 Å². The van der Waals surface area contributed by atoms with Crippen molar-refractivity contribution in [1.29, 1.82) is 0 Å². The number of carbonyl (C=O) groups is 1. The molecule has 0 bridgehead atoms. The zero-order valence-electron chi connectivity index (χ0n) is 17.5. The Bertz CT molecular complexity index is 889. The van der Waals surface area contributed by atoms with Gasteiger partial charge in [-0.2, -0.15) is 13.2 Å². The average Bonchev–Trinajstić information content (AvgIpc) is 2.72. The molecule has 0 saturated heterocycles. The van der Waals surface area contributed by atoms with Crippen molar-refractivity contribution in [3.8, 4) is 5.75 Å². The minimum Gasteiger partial charge on any atom is -0.496 e. The fourth-order valence-corrected chi connectivity index (χ4v) is 2.54. The first kappa shape index (κ1) is 26.5. The van der Waals surface area contributed by atoms with Crippen LogP contribution in [0.4, 0.5) is 13.2 Å². The van der Waals surface area contributed by atoms with Gasteiger partial charge in [-0.25, -0.2) is 4.99 Å². The maximum atomic E-state index is 12.9. The van der Waals surface area contributed by atoms with E-state index in [1.165, 1.54) is 11.0 Å². The van der Waals surface area contributed by atoms with Crippen molar-refractivity contribution in [2.24, 2.45) is 4.99 Å². The van der Waals surface area contributed by atoms with E-state index in [4.69, 9.17) is 4.74 Å². The number of hydrogen-bond acceptors (Lipinski definition) is 3. The van der Waals surface area contributed by atoms with Gasteiger partial charge in [0.1, 0.15) is 5.75 Å². The summed E-state index contributed by atoms with van der Waals surface area (Å²) in [7, 11) is 4.83. The number of guanidine groups is 1. The first-order valence-corrected chi connectivity index (χ1v) is 9.21. The van der Waals surface area contributed by atoms with Gasteiger partial charge in [0.05, 0.1) is 25.8 Å². The molecule has 0 spiro atoms. The number of halogens is 4. The van der Waals surface area contributed by atoms with Crippen molar-refractivity contribution < 1.29 is 22.7 Å². The Morgan fingerprint density at radius 3 is 2.45 bits per heavy atom. The van der Waals surface area contributed by atoms with Crippen molar-refractivity contribution in [2.45, 2.75) is 19.3 Å². The van der Waals surface area contributed by atoms with Crippen molar-refractivity contribution >= 4 is 35.8 Å². The van der Waals surface area contributed by atoms with E-state index in [1.54, 1.807) is 27.3 Å². The van der Waals surface area contributed by atoms with Crippen LogP contribution in [0.3, 0.4) is 0 Å². The van der Waals surface area contributed by atoms with E-state index in [-0.39, 0.29) is 43.0 Å². The lowest BCUT2D eigenvalue weighted by Gasteiger charge is -2.16. The number of likely N-dealkylation sites (N-methyl/N-ethyl adjacent to an activating group) is 1. The Morgan fingerprint density at radius 2 is 1.81 bits per heavy atom. The molecular formula is C21H26F3IN4O2. The first-order valence-electron chi connectivity index (χ1n) is 9.21.